The third-order valence-electron chi connectivity index (χ3n) is 7.12. The second kappa shape index (κ2) is 9.34. The average Bonchev–Trinajstić information content (AvgIpc) is 2.63. The van der Waals surface area contributed by atoms with Gasteiger partial charge in [-0.1, -0.05) is 74.9 Å². The predicted molar refractivity (Wildman–Crippen MR) is 122 cm³/mol. The Kier molecular flexibility index (Phi) is 7.61. The Labute approximate surface area is 172 Å². The van der Waals surface area contributed by atoms with Crippen LogP contribution in [-0.2, 0) is 9.59 Å². The Morgan fingerprint density at radius 2 is 1.50 bits per heavy atom. The average molecular weight is 399 g/mol. The third-order valence-corrected chi connectivity index (χ3v) is 13.6. The molecule has 1 fully saturated rings. The van der Waals surface area contributed by atoms with E-state index in [-0.39, 0.29) is 11.6 Å². The summed E-state index contributed by atoms with van der Waals surface area (Å²) in [5.74, 6) is 0.287. The van der Waals surface area contributed by atoms with Crippen molar-refractivity contribution in [3.63, 3.8) is 0 Å². The molecule has 2 rings (SSSR count). The molecule has 0 heterocycles. The Morgan fingerprint density at radius 1 is 0.964 bits per heavy atom. The summed E-state index contributed by atoms with van der Waals surface area (Å²) in [6.07, 6.45) is 7.89. The molecule has 0 aliphatic heterocycles. The van der Waals surface area contributed by atoms with Gasteiger partial charge in [0.2, 0.25) is 0 Å². The summed E-state index contributed by atoms with van der Waals surface area (Å²) >= 11 is 0. The van der Waals surface area contributed by atoms with Crippen LogP contribution in [0.3, 0.4) is 0 Å². The van der Waals surface area contributed by atoms with E-state index < -0.39 is 13.5 Å². The summed E-state index contributed by atoms with van der Waals surface area (Å²) in [6.45, 7) is 13.5. The fraction of sp³-hybridized carbons (Fsp3) is 0.600. The minimum Gasteiger partial charge on any atom is -0.299 e. The molecule has 1 aliphatic carbocycles. The van der Waals surface area contributed by atoms with E-state index in [2.05, 4.69) is 71.0 Å². The molecule has 0 saturated heterocycles. The zero-order valence-electron chi connectivity index (χ0n) is 18.7. The lowest BCUT2D eigenvalue weighted by atomic mass is 9.71. The van der Waals surface area contributed by atoms with E-state index in [1.54, 1.807) is 0 Å². The molecular weight excluding hydrogens is 360 g/mol. The zero-order chi connectivity index (χ0) is 20.9. The number of carbonyl (C=O) groups is 2. The van der Waals surface area contributed by atoms with Crippen molar-refractivity contribution in [1.82, 2.24) is 0 Å². The van der Waals surface area contributed by atoms with Crippen molar-refractivity contribution in [3.05, 3.63) is 42.0 Å². The Hall–Kier alpha value is -1.48. The van der Waals surface area contributed by atoms with Crippen LogP contribution in [0.1, 0.15) is 72.3 Å². The number of benzene rings is 1. The van der Waals surface area contributed by atoms with E-state index in [4.69, 9.17) is 0 Å². The van der Waals surface area contributed by atoms with Gasteiger partial charge in [0.15, 0.2) is 0 Å². The Morgan fingerprint density at radius 3 is 2.00 bits per heavy atom. The van der Waals surface area contributed by atoms with E-state index in [1.807, 2.05) is 6.92 Å². The Bertz CT molecular complexity index is 689. The topological polar surface area (TPSA) is 34.1 Å². The fourth-order valence-electron chi connectivity index (χ4n) is 4.95. The first-order valence-corrected chi connectivity index (χ1v) is 13.3. The highest BCUT2D eigenvalue weighted by atomic mass is 28.3. The number of allylic oxidation sites excluding steroid dienone is 2. The maximum atomic E-state index is 12.3. The molecule has 0 unspecified atom stereocenters. The van der Waals surface area contributed by atoms with Crippen molar-refractivity contribution in [2.24, 2.45) is 5.41 Å². The molecule has 0 aromatic heterocycles. The fourth-order valence-corrected chi connectivity index (χ4v) is 10.1. The molecule has 1 aromatic rings. The van der Waals surface area contributed by atoms with Gasteiger partial charge in [0.1, 0.15) is 11.6 Å². The monoisotopic (exact) mass is 398 g/mol. The maximum absolute atomic E-state index is 12.3. The molecule has 0 N–H and O–H groups in total. The lowest BCUT2D eigenvalue weighted by Gasteiger charge is -2.39. The summed E-state index contributed by atoms with van der Waals surface area (Å²) in [5, 5.41) is 1.54. The van der Waals surface area contributed by atoms with Crippen molar-refractivity contribution in [3.8, 4) is 0 Å². The lowest BCUT2D eigenvalue weighted by Crippen LogP contribution is -2.52. The molecule has 0 amide bonds. The molecule has 0 radical (unpaired) electrons. The molecule has 1 aromatic carbocycles. The standard InChI is InChI=1S/C25H38O2Si/c1-19(2)28(20(3)4,22-15-13-21(5)14-16-22)18-9-7-8-17-25(6)23(26)11-10-12-24(25)27/h7,9,13-16,19-20H,8,10-12,17-18H2,1-6H3/b9-7+. The van der Waals surface area contributed by atoms with Crippen LogP contribution >= 0.6 is 0 Å². The van der Waals surface area contributed by atoms with E-state index in [0.29, 0.717) is 30.3 Å². The van der Waals surface area contributed by atoms with Gasteiger partial charge in [-0.3, -0.25) is 9.59 Å². The van der Waals surface area contributed by atoms with Gasteiger partial charge >= 0.3 is 0 Å². The highest BCUT2D eigenvalue weighted by Crippen LogP contribution is 2.37. The minimum atomic E-state index is -1.71. The van der Waals surface area contributed by atoms with Gasteiger partial charge in [0.25, 0.3) is 0 Å². The van der Waals surface area contributed by atoms with E-state index in [0.717, 1.165) is 18.9 Å². The molecule has 154 valence electrons. The Balaban J connectivity index is 2.12. The summed E-state index contributed by atoms with van der Waals surface area (Å²) in [7, 11) is -1.71. The first-order valence-electron chi connectivity index (χ1n) is 10.9. The largest absolute Gasteiger partial charge is 0.299 e. The molecular formula is C25H38O2Si. The number of ketones is 2. The highest BCUT2D eigenvalue weighted by molar-refractivity contribution is 6.94. The summed E-state index contributed by atoms with van der Waals surface area (Å²) in [4.78, 5) is 24.6. The van der Waals surface area contributed by atoms with Crippen molar-refractivity contribution in [2.75, 3.05) is 0 Å². The molecule has 0 bridgehead atoms. The number of hydrogen-bond acceptors (Lipinski definition) is 2. The smallest absolute Gasteiger partial charge is 0.146 e. The van der Waals surface area contributed by atoms with E-state index >= 15 is 0 Å². The van der Waals surface area contributed by atoms with Crippen LogP contribution in [0.25, 0.3) is 0 Å². The maximum Gasteiger partial charge on any atom is 0.146 e. The SMILES string of the molecule is Cc1ccc([Si](C/C=C/CCC2(C)C(=O)CCCC2=O)(C(C)C)C(C)C)cc1. The molecule has 1 saturated carbocycles. The van der Waals surface area contributed by atoms with Crippen LogP contribution in [-0.4, -0.2) is 19.6 Å². The van der Waals surface area contributed by atoms with Crippen molar-refractivity contribution < 1.29 is 9.59 Å². The van der Waals surface area contributed by atoms with Crippen LogP contribution in [0.4, 0.5) is 0 Å². The second-order valence-electron chi connectivity index (χ2n) is 9.46. The van der Waals surface area contributed by atoms with Gasteiger partial charge in [-0.2, -0.15) is 0 Å². The number of hydrogen-bond donors (Lipinski definition) is 0. The van der Waals surface area contributed by atoms with Crippen LogP contribution in [0.5, 0.6) is 0 Å². The molecule has 2 nitrogen and oxygen atoms in total. The first kappa shape index (κ1) is 22.8. The van der Waals surface area contributed by atoms with Crippen LogP contribution < -0.4 is 5.19 Å². The predicted octanol–water partition coefficient (Wildman–Crippen LogP) is 6.14. The van der Waals surface area contributed by atoms with Gasteiger partial charge in [0, 0.05) is 12.8 Å². The number of rotatable bonds is 8. The van der Waals surface area contributed by atoms with Gasteiger partial charge in [0.05, 0.1) is 13.5 Å². The highest BCUT2D eigenvalue weighted by Gasteiger charge is 2.42. The number of carbonyl (C=O) groups excluding carboxylic acids is 2. The third kappa shape index (κ3) is 4.56. The van der Waals surface area contributed by atoms with E-state index in [9.17, 15) is 9.59 Å². The summed E-state index contributed by atoms with van der Waals surface area (Å²) < 4.78 is 0. The van der Waals surface area contributed by atoms with Gasteiger partial charge in [-0.25, -0.2) is 0 Å². The summed E-state index contributed by atoms with van der Waals surface area (Å²) in [5.41, 5.74) is 1.87. The summed E-state index contributed by atoms with van der Waals surface area (Å²) in [6, 6.07) is 10.3. The normalized spacial score (nSPS) is 17.9. The van der Waals surface area contributed by atoms with Gasteiger partial charge < -0.3 is 0 Å². The molecule has 0 atom stereocenters. The quantitative estimate of drug-likeness (QED) is 0.299. The molecule has 1 aliphatic rings. The van der Waals surface area contributed by atoms with Crippen LogP contribution in [0, 0.1) is 12.3 Å². The molecule has 28 heavy (non-hydrogen) atoms. The lowest BCUT2D eigenvalue weighted by molar-refractivity contribution is -0.143. The van der Waals surface area contributed by atoms with Gasteiger partial charge in [-0.05, 0) is 50.2 Å². The number of Topliss-reactive ketones (excluding diaryl/α,β-unsaturated/α-hetero) is 2. The minimum absolute atomic E-state index is 0.143. The second-order valence-corrected chi connectivity index (χ2v) is 14.8. The molecule has 0 spiro atoms. The van der Waals surface area contributed by atoms with Crippen molar-refractivity contribution in [2.45, 2.75) is 90.8 Å². The number of aryl methyl sites for hydroxylation is 1. The van der Waals surface area contributed by atoms with Crippen molar-refractivity contribution >= 4 is 24.8 Å². The first-order chi connectivity index (χ1) is 13.1. The van der Waals surface area contributed by atoms with E-state index in [1.165, 1.54) is 10.8 Å². The van der Waals surface area contributed by atoms with Crippen molar-refractivity contribution in [1.29, 1.82) is 0 Å². The molecule has 3 heteroatoms. The van der Waals surface area contributed by atoms with Gasteiger partial charge in [-0.15, -0.1) is 0 Å². The zero-order valence-corrected chi connectivity index (χ0v) is 19.7. The van der Waals surface area contributed by atoms with Crippen LogP contribution in [0.2, 0.25) is 17.1 Å². The van der Waals surface area contributed by atoms with Crippen LogP contribution in [0.15, 0.2) is 36.4 Å².